The highest BCUT2D eigenvalue weighted by Gasteiger charge is 2.35. The number of carbonyl (C=O) groups excluding carboxylic acids is 1. The van der Waals surface area contributed by atoms with Crippen molar-refractivity contribution in [1.82, 2.24) is 9.88 Å². The van der Waals surface area contributed by atoms with E-state index in [1.807, 2.05) is 12.1 Å². The summed E-state index contributed by atoms with van der Waals surface area (Å²) in [5.41, 5.74) is 2.60. The van der Waals surface area contributed by atoms with Crippen LogP contribution >= 0.6 is 0 Å². The molecule has 0 bridgehead atoms. The third-order valence-electron chi connectivity index (χ3n) is 6.58. The van der Waals surface area contributed by atoms with Crippen LogP contribution in [0.25, 0.3) is 10.9 Å². The molecule has 8 heteroatoms. The number of benzene rings is 3. The van der Waals surface area contributed by atoms with Crippen molar-refractivity contribution < 1.29 is 23.4 Å². The van der Waals surface area contributed by atoms with Gasteiger partial charge in [0, 0.05) is 28.6 Å². The number of hydrogen-bond acceptors (Lipinski definition) is 5. The van der Waals surface area contributed by atoms with E-state index in [1.165, 1.54) is 25.3 Å². The monoisotopic (exact) mass is 488 g/mol. The molecule has 0 aliphatic carbocycles. The first-order chi connectivity index (χ1) is 17.4. The number of fused-ring (bicyclic) bond motifs is 2. The second-order valence-corrected chi connectivity index (χ2v) is 8.57. The average molecular weight is 489 g/mol. The third kappa shape index (κ3) is 4.04. The van der Waals surface area contributed by atoms with Crippen molar-refractivity contribution in [3.8, 4) is 17.2 Å². The highest BCUT2D eigenvalue weighted by atomic mass is 19.1. The zero-order valence-corrected chi connectivity index (χ0v) is 20.1. The largest absolute Gasteiger partial charge is 0.497 e. The minimum atomic E-state index is -0.733. The topological polar surface area (TPSA) is 80.9 Å². The minimum absolute atomic E-state index is 0.211. The van der Waals surface area contributed by atoms with E-state index in [0.717, 1.165) is 16.5 Å². The Kier molecular flexibility index (Phi) is 6.10. The molecule has 0 unspecified atom stereocenters. The number of carbonyl (C=O) groups is 1. The van der Waals surface area contributed by atoms with Crippen molar-refractivity contribution in [1.29, 1.82) is 0 Å². The summed E-state index contributed by atoms with van der Waals surface area (Å²) in [6, 6.07) is 15.7. The predicted octanol–water partition coefficient (Wildman–Crippen LogP) is 4.48. The molecule has 0 spiro atoms. The van der Waals surface area contributed by atoms with Crippen LogP contribution in [0.2, 0.25) is 0 Å². The van der Waals surface area contributed by atoms with E-state index in [1.54, 1.807) is 49.5 Å². The van der Waals surface area contributed by atoms with Gasteiger partial charge in [0.1, 0.15) is 11.6 Å². The normalized spacial score (nSPS) is 14.9. The molecule has 3 aromatic carbocycles. The maximum atomic E-state index is 14.0. The van der Waals surface area contributed by atoms with E-state index in [-0.39, 0.29) is 17.0 Å². The number of halogens is 1. The van der Waals surface area contributed by atoms with Crippen LogP contribution in [0.15, 0.2) is 65.5 Å². The van der Waals surface area contributed by atoms with Gasteiger partial charge in [0.2, 0.25) is 0 Å². The zero-order valence-electron chi connectivity index (χ0n) is 20.1. The Balaban J connectivity index is 1.73. The van der Waals surface area contributed by atoms with Crippen LogP contribution in [-0.4, -0.2) is 43.7 Å². The predicted molar refractivity (Wildman–Crippen MR) is 134 cm³/mol. The number of hydrogen-bond donors (Lipinski definition) is 1. The smallest absolute Gasteiger partial charge is 0.254 e. The molecule has 36 heavy (non-hydrogen) atoms. The number of rotatable bonds is 5. The number of H-pyrrole nitrogens is 1. The van der Waals surface area contributed by atoms with Gasteiger partial charge in [-0.2, -0.15) is 0 Å². The molecule has 0 radical (unpaired) electrons. The van der Waals surface area contributed by atoms with Gasteiger partial charge in [0.25, 0.3) is 11.5 Å². The van der Waals surface area contributed by atoms with Gasteiger partial charge in [0.15, 0.2) is 11.5 Å². The van der Waals surface area contributed by atoms with Gasteiger partial charge < -0.3 is 24.1 Å². The first-order valence-electron chi connectivity index (χ1n) is 11.5. The fourth-order valence-electron chi connectivity index (χ4n) is 4.82. The lowest BCUT2D eigenvalue weighted by Crippen LogP contribution is -2.42. The molecule has 184 valence electrons. The number of aromatic nitrogens is 1. The van der Waals surface area contributed by atoms with Crippen molar-refractivity contribution >= 4 is 16.8 Å². The van der Waals surface area contributed by atoms with Crippen LogP contribution in [0.1, 0.15) is 33.1 Å². The molecule has 1 aliphatic rings. The van der Waals surface area contributed by atoms with E-state index in [4.69, 9.17) is 14.2 Å². The third-order valence-corrected chi connectivity index (χ3v) is 6.58. The molecule has 0 saturated carbocycles. The summed E-state index contributed by atoms with van der Waals surface area (Å²) in [5.74, 6) is 0.822. The van der Waals surface area contributed by atoms with Gasteiger partial charge in [-0.1, -0.05) is 6.07 Å². The van der Waals surface area contributed by atoms with Crippen LogP contribution < -0.4 is 19.8 Å². The SMILES string of the molecule is COc1ccc2[nH]c(=O)c([C@H]3c4cc(OC)c(OC)cc4CCN3C(=O)c3cccc(F)c3)cc2c1. The second-order valence-electron chi connectivity index (χ2n) is 8.57. The summed E-state index contributed by atoms with van der Waals surface area (Å²) in [5, 5.41) is 0.759. The first-order valence-corrected chi connectivity index (χ1v) is 11.5. The maximum absolute atomic E-state index is 14.0. The van der Waals surface area contributed by atoms with E-state index in [9.17, 15) is 14.0 Å². The van der Waals surface area contributed by atoms with Crippen molar-refractivity contribution in [2.45, 2.75) is 12.5 Å². The molecule has 1 atom stereocenters. The number of pyridine rings is 1. The number of nitrogens with zero attached hydrogens (tertiary/aromatic N) is 1. The van der Waals surface area contributed by atoms with Crippen LogP contribution in [0.3, 0.4) is 0 Å². The Labute approximate surface area is 207 Å². The van der Waals surface area contributed by atoms with Crippen molar-refractivity contribution in [3.05, 3.63) is 99.1 Å². The van der Waals surface area contributed by atoms with E-state index >= 15 is 0 Å². The molecule has 2 heterocycles. The standard InChI is InChI=1S/C28H25FN2O5/c1-34-20-7-8-23-18(12-20)13-22(27(32)30-23)26-21-15-25(36-3)24(35-2)14-16(21)9-10-31(26)28(33)17-5-4-6-19(29)11-17/h4-8,11-15,26H,9-10H2,1-3H3,(H,30,32)/t26-/m1/s1. The molecular weight excluding hydrogens is 463 g/mol. The van der Waals surface area contributed by atoms with Crippen molar-refractivity contribution in [2.75, 3.05) is 27.9 Å². The number of aromatic amines is 1. The van der Waals surface area contributed by atoms with E-state index < -0.39 is 11.9 Å². The summed E-state index contributed by atoms with van der Waals surface area (Å²) >= 11 is 0. The average Bonchev–Trinajstić information content (AvgIpc) is 2.90. The molecular formula is C28H25FN2O5. The second kappa shape index (κ2) is 9.37. The van der Waals surface area contributed by atoms with Gasteiger partial charge in [-0.15, -0.1) is 0 Å². The maximum Gasteiger partial charge on any atom is 0.254 e. The number of ether oxygens (including phenoxy) is 3. The van der Waals surface area contributed by atoms with Gasteiger partial charge >= 0.3 is 0 Å². The van der Waals surface area contributed by atoms with Gasteiger partial charge in [-0.25, -0.2) is 4.39 Å². The summed E-state index contributed by atoms with van der Waals surface area (Å²) in [6.07, 6.45) is 0.534. The first kappa shape index (κ1) is 23.4. The summed E-state index contributed by atoms with van der Waals surface area (Å²) in [7, 11) is 4.67. The molecule has 1 amide bonds. The fraction of sp³-hybridized carbons (Fsp3) is 0.214. The molecule has 1 N–H and O–H groups in total. The number of methoxy groups -OCH3 is 3. The molecule has 0 saturated heterocycles. The Morgan fingerprint density at radius 2 is 1.72 bits per heavy atom. The van der Waals surface area contributed by atoms with Crippen molar-refractivity contribution in [2.24, 2.45) is 0 Å². The zero-order chi connectivity index (χ0) is 25.4. The fourth-order valence-corrected chi connectivity index (χ4v) is 4.82. The summed E-state index contributed by atoms with van der Waals surface area (Å²) in [6.45, 7) is 0.331. The summed E-state index contributed by atoms with van der Waals surface area (Å²) < 4.78 is 30.3. The Bertz CT molecular complexity index is 1530. The molecule has 0 fully saturated rings. The lowest BCUT2D eigenvalue weighted by atomic mass is 9.87. The van der Waals surface area contributed by atoms with Crippen LogP contribution in [-0.2, 0) is 6.42 Å². The highest BCUT2D eigenvalue weighted by Crippen LogP contribution is 2.41. The van der Waals surface area contributed by atoms with Crippen LogP contribution in [0.5, 0.6) is 17.2 Å². The van der Waals surface area contributed by atoms with Gasteiger partial charge in [-0.05, 0) is 72.1 Å². The molecule has 1 aliphatic heterocycles. The van der Waals surface area contributed by atoms with E-state index in [0.29, 0.717) is 41.3 Å². The Morgan fingerprint density at radius 3 is 2.44 bits per heavy atom. The minimum Gasteiger partial charge on any atom is -0.497 e. The molecule has 1 aromatic heterocycles. The molecule has 7 nitrogen and oxygen atoms in total. The highest BCUT2D eigenvalue weighted by molar-refractivity contribution is 5.95. The van der Waals surface area contributed by atoms with Crippen LogP contribution in [0.4, 0.5) is 4.39 Å². The quantitative estimate of drug-likeness (QED) is 0.448. The van der Waals surface area contributed by atoms with E-state index in [2.05, 4.69) is 4.98 Å². The van der Waals surface area contributed by atoms with Crippen molar-refractivity contribution in [3.63, 3.8) is 0 Å². The molecule has 4 aromatic rings. The van der Waals surface area contributed by atoms with Crippen LogP contribution in [0, 0.1) is 5.82 Å². The summed E-state index contributed by atoms with van der Waals surface area (Å²) in [4.78, 5) is 31.6. The lowest BCUT2D eigenvalue weighted by molar-refractivity contribution is 0.0693. The Morgan fingerprint density at radius 1 is 0.944 bits per heavy atom. The number of amides is 1. The van der Waals surface area contributed by atoms with Gasteiger partial charge in [-0.3, -0.25) is 9.59 Å². The van der Waals surface area contributed by atoms with Gasteiger partial charge in [0.05, 0.1) is 27.4 Å². The Hall–Kier alpha value is -4.33. The molecule has 5 rings (SSSR count). The lowest BCUT2D eigenvalue weighted by Gasteiger charge is -2.38. The number of nitrogens with one attached hydrogen (secondary N) is 1.